The Morgan fingerprint density at radius 1 is 1.77 bits per heavy atom. The quantitative estimate of drug-likeness (QED) is 0.366. The van der Waals surface area contributed by atoms with Gasteiger partial charge in [0.05, 0.1) is 30.1 Å². The van der Waals surface area contributed by atoms with Crippen LogP contribution in [0.25, 0.3) is 0 Å². The van der Waals surface area contributed by atoms with E-state index in [2.05, 4.69) is 10.1 Å². The molecule has 1 rings (SSSR count). The summed E-state index contributed by atoms with van der Waals surface area (Å²) in [7, 11) is 0. The minimum atomic E-state index is 0.253. The summed E-state index contributed by atoms with van der Waals surface area (Å²) in [6.07, 6.45) is 1.26. The Kier molecular flexibility index (Phi) is 4.14. The number of aromatic nitrogens is 1. The highest BCUT2D eigenvalue weighted by atomic mass is 35.5. The lowest BCUT2D eigenvalue weighted by Crippen LogP contribution is -1.97. The van der Waals surface area contributed by atoms with Gasteiger partial charge in [-0.15, -0.1) is 11.3 Å². The predicted molar refractivity (Wildman–Crippen MR) is 51.8 cm³/mol. The van der Waals surface area contributed by atoms with Crippen molar-refractivity contribution in [2.45, 2.75) is 13.5 Å². The van der Waals surface area contributed by atoms with Crippen molar-refractivity contribution < 1.29 is 9.94 Å². The van der Waals surface area contributed by atoms with Crippen LogP contribution in [0.2, 0.25) is 4.34 Å². The maximum Gasteiger partial charge on any atom is 0.119 e. The number of halogens is 1. The second-order valence-electron chi connectivity index (χ2n) is 2.27. The molecular weight excluding hydrogens is 212 g/mol. The minimum Gasteiger partial charge on any atom is -0.411 e. The largest absolute Gasteiger partial charge is 0.411 e. The first kappa shape index (κ1) is 10.4. The van der Waals surface area contributed by atoms with Crippen LogP contribution in [-0.2, 0) is 11.3 Å². The Morgan fingerprint density at radius 3 is 3.08 bits per heavy atom. The topological polar surface area (TPSA) is 54.7 Å². The van der Waals surface area contributed by atoms with Gasteiger partial charge in [0.1, 0.15) is 4.34 Å². The monoisotopic (exact) mass is 220 g/mol. The summed E-state index contributed by atoms with van der Waals surface area (Å²) in [6, 6.07) is 0. The average Bonchev–Trinajstić information content (AvgIpc) is 2.39. The van der Waals surface area contributed by atoms with E-state index in [-0.39, 0.29) is 6.61 Å². The third-order valence-electron chi connectivity index (χ3n) is 1.27. The number of nitrogens with zero attached hydrogens (tertiary/aromatic N) is 2. The predicted octanol–water partition coefficient (Wildman–Crippen LogP) is 2.08. The van der Waals surface area contributed by atoms with Gasteiger partial charge >= 0.3 is 0 Å². The third kappa shape index (κ3) is 3.30. The summed E-state index contributed by atoms with van der Waals surface area (Å²) in [5, 5.41) is 11.8. The molecule has 0 fully saturated rings. The lowest BCUT2D eigenvalue weighted by atomic mass is 10.5. The highest BCUT2D eigenvalue weighted by Crippen LogP contribution is 2.23. The van der Waals surface area contributed by atoms with Crippen molar-refractivity contribution in [3.05, 3.63) is 15.0 Å². The molecule has 13 heavy (non-hydrogen) atoms. The van der Waals surface area contributed by atoms with Crippen LogP contribution in [0.5, 0.6) is 0 Å². The first-order valence-corrected chi connectivity index (χ1v) is 4.79. The van der Waals surface area contributed by atoms with Gasteiger partial charge < -0.3 is 9.94 Å². The van der Waals surface area contributed by atoms with Crippen LogP contribution in [0.15, 0.2) is 5.16 Å². The lowest BCUT2D eigenvalue weighted by molar-refractivity contribution is 0.155. The molecule has 0 aromatic carbocycles. The van der Waals surface area contributed by atoms with Crippen molar-refractivity contribution >= 4 is 29.2 Å². The van der Waals surface area contributed by atoms with Crippen molar-refractivity contribution in [1.82, 2.24) is 4.98 Å². The van der Waals surface area contributed by atoms with E-state index >= 15 is 0 Å². The normalized spacial score (nSPS) is 11.2. The van der Waals surface area contributed by atoms with Crippen LogP contribution < -0.4 is 0 Å². The fourth-order valence-corrected chi connectivity index (χ4v) is 1.85. The van der Waals surface area contributed by atoms with Crippen LogP contribution in [0.3, 0.4) is 0 Å². The summed E-state index contributed by atoms with van der Waals surface area (Å²) < 4.78 is 5.76. The van der Waals surface area contributed by atoms with Crippen LogP contribution >= 0.6 is 22.9 Å². The van der Waals surface area contributed by atoms with Crippen molar-refractivity contribution in [3.63, 3.8) is 0 Å². The van der Waals surface area contributed by atoms with Crippen LogP contribution in [0.1, 0.15) is 10.7 Å². The van der Waals surface area contributed by atoms with E-state index in [9.17, 15) is 0 Å². The van der Waals surface area contributed by atoms with Crippen LogP contribution in [0.4, 0.5) is 0 Å². The molecule has 0 aliphatic heterocycles. The smallest absolute Gasteiger partial charge is 0.119 e. The molecule has 1 aromatic heterocycles. The second kappa shape index (κ2) is 5.16. The van der Waals surface area contributed by atoms with Gasteiger partial charge in [-0.2, -0.15) is 0 Å². The summed E-state index contributed by atoms with van der Waals surface area (Å²) in [5.41, 5.74) is 0.732. The van der Waals surface area contributed by atoms with Gasteiger partial charge in [0.25, 0.3) is 0 Å². The third-order valence-corrected chi connectivity index (χ3v) is 2.52. The van der Waals surface area contributed by atoms with E-state index in [0.29, 0.717) is 10.9 Å². The number of aryl methyl sites for hydroxylation is 1. The molecule has 0 unspecified atom stereocenters. The van der Waals surface area contributed by atoms with E-state index < -0.39 is 0 Å². The Morgan fingerprint density at radius 2 is 2.54 bits per heavy atom. The lowest BCUT2D eigenvalue weighted by Gasteiger charge is -1.96. The molecule has 0 amide bonds. The van der Waals surface area contributed by atoms with E-state index in [4.69, 9.17) is 21.5 Å². The molecule has 1 N–H and O–H groups in total. The van der Waals surface area contributed by atoms with E-state index in [1.807, 2.05) is 6.92 Å². The maximum absolute atomic E-state index is 8.07. The van der Waals surface area contributed by atoms with E-state index in [0.717, 1.165) is 10.7 Å². The molecule has 1 heterocycles. The Balaban J connectivity index is 2.40. The molecule has 0 radical (unpaired) electrons. The second-order valence-corrected chi connectivity index (χ2v) is 4.07. The molecule has 0 bridgehead atoms. The molecule has 0 atom stereocenters. The first-order chi connectivity index (χ1) is 6.24. The summed E-state index contributed by atoms with van der Waals surface area (Å²) in [4.78, 5) is 4.16. The summed E-state index contributed by atoms with van der Waals surface area (Å²) >= 11 is 7.28. The zero-order chi connectivity index (χ0) is 9.68. The average molecular weight is 221 g/mol. The fourth-order valence-electron chi connectivity index (χ4n) is 0.776. The molecule has 0 aliphatic carbocycles. The zero-order valence-corrected chi connectivity index (χ0v) is 8.60. The minimum absolute atomic E-state index is 0.253. The van der Waals surface area contributed by atoms with Gasteiger partial charge in [-0.3, -0.25) is 0 Å². The summed E-state index contributed by atoms with van der Waals surface area (Å²) in [6.45, 7) is 2.48. The Hall–Kier alpha value is -0.650. The van der Waals surface area contributed by atoms with E-state index in [1.165, 1.54) is 17.6 Å². The molecule has 0 saturated carbocycles. The molecule has 6 heteroatoms. The van der Waals surface area contributed by atoms with Crippen LogP contribution in [0, 0.1) is 6.92 Å². The van der Waals surface area contributed by atoms with Gasteiger partial charge in [-0.25, -0.2) is 4.98 Å². The molecule has 1 aromatic rings. The summed E-state index contributed by atoms with van der Waals surface area (Å²) in [5.74, 6) is 0. The van der Waals surface area contributed by atoms with Gasteiger partial charge in [0, 0.05) is 0 Å². The number of hydrogen-bond donors (Lipinski definition) is 1. The van der Waals surface area contributed by atoms with Crippen molar-refractivity contribution in [3.8, 4) is 0 Å². The molecular formula is C7H9ClN2O2S. The number of oxime groups is 1. The molecule has 0 saturated heterocycles. The SMILES string of the molecule is Cc1nc(COC/C=N/O)c(Cl)s1. The van der Waals surface area contributed by atoms with E-state index in [1.54, 1.807) is 0 Å². The van der Waals surface area contributed by atoms with Crippen molar-refractivity contribution in [2.75, 3.05) is 6.61 Å². The number of hydrogen-bond acceptors (Lipinski definition) is 5. The fraction of sp³-hybridized carbons (Fsp3) is 0.429. The maximum atomic E-state index is 8.07. The standard InChI is InChI=1S/C7H9ClN2O2S/c1-5-10-6(7(8)13-5)4-12-3-2-9-11/h2,11H,3-4H2,1H3/b9-2+. The highest BCUT2D eigenvalue weighted by molar-refractivity contribution is 7.15. The molecule has 72 valence electrons. The highest BCUT2D eigenvalue weighted by Gasteiger charge is 2.05. The van der Waals surface area contributed by atoms with Gasteiger partial charge in [0.15, 0.2) is 0 Å². The zero-order valence-electron chi connectivity index (χ0n) is 7.03. The Labute approximate surface area is 84.8 Å². The van der Waals surface area contributed by atoms with Crippen LogP contribution in [-0.4, -0.2) is 23.0 Å². The molecule has 0 aliphatic rings. The Bertz CT molecular complexity index is 301. The van der Waals surface area contributed by atoms with Gasteiger partial charge in [-0.05, 0) is 6.92 Å². The van der Waals surface area contributed by atoms with Crippen molar-refractivity contribution in [2.24, 2.45) is 5.16 Å². The number of ether oxygens (including phenoxy) is 1. The molecule has 0 spiro atoms. The first-order valence-electron chi connectivity index (χ1n) is 3.59. The molecule has 4 nitrogen and oxygen atoms in total. The van der Waals surface area contributed by atoms with Gasteiger partial charge in [-0.1, -0.05) is 16.8 Å². The number of thiazole rings is 1. The number of rotatable bonds is 4. The van der Waals surface area contributed by atoms with Crippen molar-refractivity contribution in [1.29, 1.82) is 0 Å². The van der Waals surface area contributed by atoms with Gasteiger partial charge in [0.2, 0.25) is 0 Å².